The van der Waals surface area contributed by atoms with E-state index in [2.05, 4.69) is 5.32 Å². The average Bonchev–Trinajstić information content (AvgIpc) is 2.70. The van der Waals surface area contributed by atoms with Gasteiger partial charge in [-0.2, -0.15) is 0 Å². The Hall–Kier alpha value is -0.220. The van der Waals surface area contributed by atoms with Crippen molar-refractivity contribution >= 4 is 0 Å². The monoisotopic (exact) mass is 231 g/mol. The van der Waals surface area contributed by atoms with E-state index in [1.165, 1.54) is 0 Å². The maximum Gasteiger partial charge on any atom is 0.258 e. The summed E-state index contributed by atoms with van der Waals surface area (Å²) in [6.07, 6.45) is 4.71. The Morgan fingerprint density at radius 3 is 2.56 bits per heavy atom. The van der Waals surface area contributed by atoms with Crippen molar-refractivity contribution in [2.24, 2.45) is 11.8 Å². The minimum absolute atomic E-state index is 0.0259. The van der Waals surface area contributed by atoms with Crippen LogP contribution in [-0.2, 0) is 4.74 Å². The highest BCUT2D eigenvalue weighted by Gasteiger charge is 2.73. The summed E-state index contributed by atoms with van der Waals surface area (Å²) in [4.78, 5) is 0. The molecule has 0 aromatic rings. The Morgan fingerprint density at radius 1 is 1.06 bits per heavy atom. The topological polar surface area (TPSA) is 21.3 Å². The molecule has 16 heavy (non-hydrogen) atoms. The number of nitrogens with one attached hydrogen (secondary N) is 1. The van der Waals surface area contributed by atoms with Crippen LogP contribution in [-0.4, -0.2) is 31.2 Å². The molecule has 3 fully saturated rings. The van der Waals surface area contributed by atoms with Crippen molar-refractivity contribution in [3.63, 3.8) is 0 Å². The van der Waals surface area contributed by atoms with Gasteiger partial charge in [-0.25, -0.2) is 8.78 Å². The van der Waals surface area contributed by atoms with Crippen LogP contribution in [0.3, 0.4) is 0 Å². The Labute approximate surface area is 94.7 Å². The summed E-state index contributed by atoms with van der Waals surface area (Å²) in [6.45, 7) is 1.57. The van der Waals surface area contributed by atoms with Gasteiger partial charge < -0.3 is 10.1 Å². The van der Waals surface area contributed by atoms with Gasteiger partial charge in [0.25, 0.3) is 5.92 Å². The molecular weight excluding hydrogens is 212 g/mol. The number of halogens is 2. The second-order valence-corrected chi connectivity index (χ2v) is 5.33. The Kier molecular flexibility index (Phi) is 2.67. The lowest BCUT2D eigenvalue weighted by Gasteiger charge is -2.23. The third-order valence-corrected chi connectivity index (χ3v) is 4.31. The molecule has 2 saturated heterocycles. The summed E-state index contributed by atoms with van der Waals surface area (Å²) in [5.74, 6) is -3.45. The minimum atomic E-state index is -2.48. The molecule has 1 aliphatic carbocycles. The first kappa shape index (κ1) is 10.9. The number of hydrogen-bond acceptors (Lipinski definition) is 2. The fraction of sp³-hybridized carbons (Fsp3) is 1.00. The van der Waals surface area contributed by atoms with Gasteiger partial charge in [0.1, 0.15) is 0 Å². The van der Waals surface area contributed by atoms with Gasteiger partial charge >= 0.3 is 0 Å². The van der Waals surface area contributed by atoms with Crippen molar-refractivity contribution in [2.45, 2.75) is 50.2 Å². The standard InChI is InChI=1S/C12H19F2NO/c13-12(14)10(8-4-1-2-6-15-8)11(12)9-5-3-7-16-9/h8-11,15H,1-7H2. The predicted molar refractivity (Wildman–Crippen MR) is 56.5 cm³/mol. The Morgan fingerprint density at radius 2 is 1.94 bits per heavy atom. The summed E-state index contributed by atoms with van der Waals surface area (Å²) < 4.78 is 33.0. The molecule has 0 aromatic carbocycles. The molecule has 3 rings (SSSR count). The van der Waals surface area contributed by atoms with Gasteiger partial charge in [-0.1, -0.05) is 6.42 Å². The molecule has 3 aliphatic rings. The van der Waals surface area contributed by atoms with E-state index in [0.29, 0.717) is 6.61 Å². The van der Waals surface area contributed by atoms with Crippen molar-refractivity contribution < 1.29 is 13.5 Å². The summed E-state index contributed by atoms with van der Waals surface area (Å²) in [7, 11) is 0. The second-order valence-electron chi connectivity index (χ2n) is 5.33. The van der Waals surface area contributed by atoms with Gasteiger partial charge in [0.15, 0.2) is 0 Å². The average molecular weight is 231 g/mol. The zero-order valence-corrected chi connectivity index (χ0v) is 9.42. The van der Waals surface area contributed by atoms with Crippen LogP contribution in [0.5, 0.6) is 0 Å². The van der Waals surface area contributed by atoms with E-state index >= 15 is 0 Å². The molecule has 1 saturated carbocycles. The summed E-state index contributed by atoms with van der Waals surface area (Å²) in [5.41, 5.74) is 0. The van der Waals surface area contributed by atoms with Crippen molar-refractivity contribution in [1.82, 2.24) is 5.32 Å². The summed E-state index contributed by atoms with van der Waals surface area (Å²) in [5, 5.41) is 3.25. The zero-order valence-electron chi connectivity index (χ0n) is 9.42. The van der Waals surface area contributed by atoms with E-state index in [0.717, 1.165) is 38.6 Å². The SMILES string of the molecule is FC1(F)C(C2CCCCN2)C1C1CCCO1. The van der Waals surface area contributed by atoms with Crippen molar-refractivity contribution in [1.29, 1.82) is 0 Å². The van der Waals surface area contributed by atoms with Crippen LogP contribution < -0.4 is 5.32 Å². The number of rotatable bonds is 2. The molecule has 4 atom stereocenters. The van der Waals surface area contributed by atoms with E-state index in [9.17, 15) is 8.78 Å². The van der Waals surface area contributed by atoms with Gasteiger partial charge in [-0.3, -0.25) is 0 Å². The number of alkyl halides is 2. The molecular formula is C12H19F2NO. The van der Waals surface area contributed by atoms with Crippen LogP contribution >= 0.6 is 0 Å². The smallest absolute Gasteiger partial charge is 0.258 e. The highest BCUT2D eigenvalue weighted by Crippen LogP contribution is 2.61. The minimum Gasteiger partial charge on any atom is -0.378 e. The van der Waals surface area contributed by atoms with Gasteiger partial charge in [-0.05, 0) is 32.2 Å². The summed E-state index contributed by atoms with van der Waals surface area (Å²) in [6, 6.07) is 0.0259. The number of ether oxygens (including phenoxy) is 1. The maximum atomic E-state index is 13.8. The fourth-order valence-electron chi connectivity index (χ4n) is 3.44. The Balaban J connectivity index is 1.66. The Bertz CT molecular complexity index is 260. The second kappa shape index (κ2) is 3.91. The third kappa shape index (κ3) is 1.66. The lowest BCUT2D eigenvalue weighted by molar-refractivity contribution is 0.0283. The largest absolute Gasteiger partial charge is 0.378 e. The highest BCUT2D eigenvalue weighted by atomic mass is 19.3. The van der Waals surface area contributed by atoms with E-state index in [-0.39, 0.29) is 12.1 Å². The molecule has 2 heterocycles. The van der Waals surface area contributed by atoms with Gasteiger partial charge in [-0.15, -0.1) is 0 Å². The van der Waals surface area contributed by atoms with Crippen LogP contribution in [0.15, 0.2) is 0 Å². The summed E-state index contributed by atoms with van der Waals surface area (Å²) >= 11 is 0. The first-order valence-corrected chi connectivity index (χ1v) is 6.44. The van der Waals surface area contributed by atoms with E-state index in [4.69, 9.17) is 4.74 Å². The maximum absolute atomic E-state index is 13.8. The number of piperidine rings is 1. The van der Waals surface area contributed by atoms with Gasteiger partial charge in [0.2, 0.25) is 0 Å². The molecule has 0 spiro atoms. The molecule has 1 N–H and O–H groups in total. The molecule has 4 heteroatoms. The predicted octanol–water partition coefficient (Wildman–Crippen LogP) is 2.19. The lowest BCUT2D eigenvalue weighted by atomic mass is 9.98. The molecule has 2 nitrogen and oxygen atoms in total. The third-order valence-electron chi connectivity index (χ3n) is 4.31. The van der Waals surface area contributed by atoms with E-state index in [1.807, 2.05) is 0 Å². The van der Waals surface area contributed by atoms with Crippen LogP contribution in [0, 0.1) is 11.8 Å². The van der Waals surface area contributed by atoms with Crippen molar-refractivity contribution in [2.75, 3.05) is 13.2 Å². The molecule has 0 amide bonds. The fourth-order valence-corrected chi connectivity index (χ4v) is 3.44. The number of hydrogen-bond donors (Lipinski definition) is 1. The lowest BCUT2D eigenvalue weighted by Crippen LogP contribution is -2.37. The van der Waals surface area contributed by atoms with Crippen LogP contribution in [0.4, 0.5) is 8.78 Å². The zero-order chi connectivity index (χ0) is 11.2. The molecule has 0 bridgehead atoms. The van der Waals surface area contributed by atoms with Crippen molar-refractivity contribution in [3.05, 3.63) is 0 Å². The molecule has 0 radical (unpaired) electrons. The first-order chi connectivity index (χ1) is 7.71. The molecule has 2 aliphatic heterocycles. The van der Waals surface area contributed by atoms with Gasteiger partial charge in [0, 0.05) is 18.6 Å². The van der Waals surface area contributed by atoms with Crippen molar-refractivity contribution in [3.8, 4) is 0 Å². The molecule has 92 valence electrons. The highest BCUT2D eigenvalue weighted by molar-refractivity contribution is 5.14. The molecule has 0 aromatic heterocycles. The van der Waals surface area contributed by atoms with Gasteiger partial charge in [0.05, 0.1) is 12.0 Å². The quantitative estimate of drug-likeness (QED) is 0.786. The van der Waals surface area contributed by atoms with E-state index in [1.54, 1.807) is 0 Å². The van der Waals surface area contributed by atoms with E-state index < -0.39 is 17.8 Å². The van der Waals surface area contributed by atoms with Crippen LogP contribution in [0.1, 0.15) is 32.1 Å². The molecule has 4 unspecified atom stereocenters. The normalized spacial score (nSPS) is 46.9. The van der Waals surface area contributed by atoms with Crippen LogP contribution in [0.25, 0.3) is 0 Å². The first-order valence-electron chi connectivity index (χ1n) is 6.44. The van der Waals surface area contributed by atoms with Crippen LogP contribution in [0.2, 0.25) is 0 Å².